The molecule has 3 aliphatic rings. The fourth-order valence-corrected chi connectivity index (χ4v) is 3.93. The zero-order valence-electron chi connectivity index (χ0n) is 11.3. The van der Waals surface area contributed by atoms with E-state index >= 15 is 0 Å². The summed E-state index contributed by atoms with van der Waals surface area (Å²) in [7, 11) is 0. The fourth-order valence-electron chi connectivity index (χ4n) is 3.93. The van der Waals surface area contributed by atoms with Crippen molar-refractivity contribution in [2.24, 2.45) is 16.7 Å². The Balaban J connectivity index is 1.59. The normalized spacial score (nSPS) is 41.1. The number of hydrogen-bond donors (Lipinski definition) is 0. The maximum atomic E-state index is 2.81. The van der Waals surface area contributed by atoms with Crippen molar-refractivity contribution in [1.29, 1.82) is 0 Å². The molecule has 0 aromatic rings. The summed E-state index contributed by atoms with van der Waals surface area (Å²) in [5.41, 5.74) is 1.30. The third-order valence-corrected chi connectivity index (χ3v) is 5.34. The molecule has 3 rings (SSSR count). The van der Waals surface area contributed by atoms with Gasteiger partial charge in [0.25, 0.3) is 0 Å². The van der Waals surface area contributed by atoms with E-state index in [9.17, 15) is 0 Å². The maximum Gasteiger partial charge on any atom is 0.00966 e. The molecule has 0 aromatic heterocycles. The Hall–Kier alpha value is -0.0400. The molecule has 0 aromatic carbocycles. The van der Waals surface area contributed by atoms with E-state index in [4.69, 9.17) is 0 Å². The van der Waals surface area contributed by atoms with Gasteiger partial charge in [-0.25, -0.2) is 0 Å². The molecule has 2 saturated carbocycles. The van der Waals surface area contributed by atoms with E-state index in [-0.39, 0.29) is 0 Å². The topological polar surface area (TPSA) is 3.24 Å². The predicted octanol–water partition coefficient (Wildman–Crippen LogP) is 3.69. The summed E-state index contributed by atoms with van der Waals surface area (Å²) in [6, 6.07) is 0.992. The van der Waals surface area contributed by atoms with Crippen LogP contribution in [0.3, 0.4) is 0 Å². The molecule has 0 atom stereocenters. The van der Waals surface area contributed by atoms with Gasteiger partial charge in [0, 0.05) is 12.6 Å². The largest absolute Gasteiger partial charge is 0.300 e. The van der Waals surface area contributed by atoms with E-state index in [1.54, 1.807) is 0 Å². The van der Waals surface area contributed by atoms with Crippen LogP contribution in [-0.2, 0) is 0 Å². The smallest absolute Gasteiger partial charge is 0.00966 e. The molecule has 0 radical (unpaired) electrons. The quantitative estimate of drug-likeness (QED) is 0.653. The molecule has 0 bridgehead atoms. The monoisotopic (exact) mass is 221 g/mol. The molecule has 1 spiro atoms. The van der Waals surface area contributed by atoms with Crippen LogP contribution >= 0.6 is 0 Å². The first-order valence-corrected chi connectivity index (χ1v) is 7.23. The summed E-state index contributed by atoms with van der Waals surface area (Å²) in [6.45, 7) is 10.1. The van der Waals surface area contributed by atoms with Crippen LogP contribution in [0.5, 0.6) is 0 Å². The zero-order valence-corrected chi connectivity index (χ0v) is 11.3. The molecule has 1 aliphatic heterocycles. The minimum Gasteiger partial charge on any atom is -0.300 e. The lowest BCUT2D eigenvalue weighted by molar-refractivity contribution is -0.0655. The third-order valence-electron chi connectivity index (χ3n) is 5.34. The van der Waals surface area contributed by atoms with Crippen LogP contribution < -0.4 is 0 Å². The summed E-state index contributed by atoms with van der Waals surface area (Å²) in [4.78, 5) is 2.81. The van der Waals surface area contributed by atoms with Gasteiger partial charge in [0.15, 0.2) is 0 Å². The first kappa shape index (κ1) is 11.1. The molecular formula is C15H27N. The van der Waals surface area contributed by atoms with E-state index in [1.807, 2.05) is 0 Å². The van der Waals surface area contributed by atoms with Gasteiger partial charge in [0.1, 0.15) is 0 Å². The van der Waals surface area contributed by atoms with Crippen LogP contribution in [0.25, 0.3) is 0 Å². The van der Waals surface area contributed by atoms with Crippen molar-refractivity contribution in [2.75, 3.05) is 13.1 Å². The Bertz CT molecular complexity index is 266. The Morgan fingerprint density at radius 3 is 2.38 bits per heavy atom. The molecule has 1 heterocycles. The molecule has 0 unspecified atom stereocenters. The SMILES string of the molecule is CC(C)(C)C1CC2(CCCN(C3CC3)C2)C1. The lowest BCUT2D eigenvalue weighted by atomic mass is 9.52. The highest BCUT2D eigenvalue weighted by Crippen LogP contribution is 2.57. The Morgan fingerprint density at radius 1 is 1.12 bits per heavy atom. The molecule has 92 valence electrons. The van der Waals surface area contributed by atoms with Gasteiger partial charge in [0.2, 0.25) is 0 Å². The van der Waals surface area contributed by atoms with Gasteiger partial charge in [-0.1, -0.05) is 20.8 Å². The Labute approximate surface area is 101 Å². The molecule has 0 amide bonds. The van der Waals surface area contributed by atoms with Gasteiger partial charge in [0.05, 0.1) is 0 Å². The zero-order chi connectivity index (χ0) is 11.4. The van der Waals surface area contributed by atoms with Crippen molar-refractivity contribution in [3.63, 3.8) is 0 Å². The summed E-state index contributed by atoms with van der Waals surface area (Å²) < 4.78 is 0. The summed E-state index contributed by atoms with van der Waals surface area (Å²) >= 11 is 0. The number of nitrogens with zero attached hydrogens (tertiary/aromatic N) is 1. The molecule has 1 heteroatoms. The molecule has 0 N–H and O–H groups in total. The van der Waals surface area contributed by atoms with E-state index in [2.05, 4.69) is 25.7 Å². The van der Waals surface area contributed by atoms with Crippen molar-refractivity contribution in [2.45, 2.75) is 65.3 Å². The van der Waals surface area contributed by atoms with E-state index < -0.39 is 0 Å². The highest BCUT2D eigenvalue weighted by molar-refractivity contribution is 5.03. The second-order valence-electron chi connectivity index (χ2n) is 7.78. The maximum absolute atomic E-state index is 2.81. The Kier molecular flexibility index (Phi) is 2.41. The lowest BCUT2D eigenvalue weighted by Gasteiger charge is -2.57. The number of piperidine rings is 1. The highest BCUT2D eigenvalue weighted by Gasteiger charge is 2.51. The van der Waals surface area contributed by atoms with Gasteiger partial charge in [-0.05, 0) is 61.8 Å². The van der Waals surface area contributed by atoms with E-state index in [1.165, 1.54) is 51.6 Å². The van der Waals surface area contributed by atoms with Crippen molar-refractivity contribution >= 4 is 0 Å². The lowest BCUT2D eigenvalue weighted by Crippen LogP contribution is -2.53. The van der Waals surface area contributed by atoms with Crippen LogP contribution in [-0.4, -0.2) is 24.0 Å². The van der Waals surface area contributed by atoms with Crippen molar-refractivity contribution in [3.05, 3.63) is 0 Å². The summed E-state index contributed by atoms with van der Waals surface area (Å²) in [5, 5.41) is 0. The van der Waals surface area contributed by atoms with Crippen LogP contribution in [0, 0.1) is 16.7 Å². The van der Waals surface area contributed by atoms with Crippen LogP contribution in [0.15, 0.2) is 0 Å². The van der Waals surface area contributed by atoms with Gasteiger partial charge in [-0.2, -0.15) is 0 Å². The van der Waals surface area contributed by atoms with Crippen molar-refractivity contribution in [3.8, 4) is 0 Å². The summed E-state index contributed by atoms with van der Waals surface area (Å²) in [6.07, 6.45) is 8.98. The Morgan fingerprint density at radius 2 is 1.81 bits per heavy atom. The molecule has 1 nitrogen and oxygen atoms in total. The van der Waals surface area contributed by atoms with Crippen LogP contribution in [0.1, 0.15) is 59.3 Å². The van der Waals surface area contributed by atoms with Crippen molar-refractivity contribution in [1.82, 2.24) is 4.90 Å². The van der Waals surface area contributed by atoms with Gasteiger partial charge in [-0.15, -0.1) is 0 Å². The first-order chi connectivity index (χ1) is 7.49. The fraction of sp³-hybridized carbons (Fsp3) is 1.00. The molecule has 3 fully saturated rings. The van der Waals surface area contributed by atoms with Crippen LogP contribution in [0.4, 0.5) is 0 Å². The van der Waals surface area contributed by atoms with Crippen LogP contribution in [0.2, 0.25) is 0 Å². The van der Waals surface area contributed by atoms with E-state index in [0.717, 1.165) is 17.4 Å². The molecule has 2 aliphatic carbocycles. The van der Waals surface area contributed by atoms with Gasteiger partial charge < -0.3 is 0 Å². The average molecular weight is 221 g/mol. The molecule has 1 saturated heterocycles. The average Bonchev–Trinajstić information content (AvgIpc) is 2.95. The van der Waals surface area contributed by atoms with E-state index in [0.29, 0.717) is 5.41 Å². The third kappa shape index (κ3) is 1.92. The minimum atomic E-state index is 0.549. The standard InChI is InChI=1S/C15H27N/c1-14(2,3)12-9-15(10-12)7-4-8-16(11-15)13-5-6-13/h12-13H,4-11H2,1-3H3. The molecular weight excluding hydrogens is 194 g/mol. The number of likely N-dealkylation sites (tertiary alicyclic amines) is 1. The number of hydrogen-bond acceptors (Lipinski definition) is 1. The highest BCUT2D eigenvalue weighted by atomic mass is 15.2. The molecule has 16 heavy (non-hydrogen) atoms. The summed E-state index contributed by atoms with van der Waals surface area (Å²) in [5.74, 6) is 0.992. The van der Waals surface area contributed by atoms with Gasteiger partial charge >= 0.3 is 0 Å². The first-order valence-electron chi connectivity index (χ1n) is 7.23. The number of rotatable bonds is 1. The predicted molar refractivity (Wildman–Crippen MR) is 68.4 cm³/mol. The second-order valence-corrected chi connectivity index (χ2v) is 7.78. The van der Waals surface area contributed by atoms with Crippen molar-refractivity contribution < 1.29 is 0 Å². The second kappa shape index (κ2) is 3.48. The minimum absolute atomic E-state index is 0.549. The van der Waals surface area contributed by atoms with Gasteiger partial charge in [-0.3, -0.25) is 4.90 Å².